The quantitative estimate of drug-likeness (QED) is 0.853. The molecule has 116 valence electrons. The second-order valence-corrected chi connectivity index (χ2v) is 6.40. The molecule has 7 heteroatoms. The largest absolute Gasteiger partial charge is 0.354 e. The van der Waals surface area contributed by atoms with E-state index >= 15 is 0 Å². The Morgan fingerprint density at radius 2 is 2.36 bits per heavy atom. The van der Waals surface area contributed by atoms with Crippen LogP contribution >= 0.6 is 0 Å². The number of carbonyl (C=O) groups excluding carboxylic acids is 1. The van der Waals surface area contributed by atoms with Crippen molar-refractivity contribution in [2.75, 3.05) is 31.6 Å². The number of hydrogen-bond donors (Lipinski definition) is 2. The zero-order chi connectivity index (χ0) is 15.3. The van der Waals surface area contributed by atoms with Crippen molar-refractivity contribution < 1.29 is 4.79 Å². The topological polar surface area (TPSA) is 91.1 Å². The van der Waals surface area contributed by atoms with E-state index in [1.165, 1.54) is 0 Å². The van der Waals surface area contributed by atoms with E-state index in [1.54, 1.807) is 6.33 Å². The molecule has 4 rings (SSSR count). The summed E-state index contributed by atoms with van der Waals surface area (Å²) in [5.41, 5.74) is 6.58. The number of aromatic nitrogens is 3. The molecule has 0 radical (unpaired) electrons. The molecule has 3 N–H and O–H groups in total. The summed E-state index contributed by atoms with van der Waals surface area (Å²) < 4.78 is 0. The Balaban J connectivity index is 1.66. The SMILES string of the molecule is CN(c1ncnc2[nH]ccc12)[C@H]1CN(C(=O)CN)CC12CC2. The molecular formula is C15H20N6O. The minimum Gasteiger partial charge on any atom is -0.354 e. The number of nitrogens with two attached hydrogens (primary N) is 1. The van der Waals surface area contributed by atoms with Crippen LogP contribution in [0.25, 0.3) is 11.0 Å². The number of hydrogen-bond acceptors (Lipinski definition) is 5. The molecule has 22 heavy (non-hydrogen) atoms. The van der Waals surface area contributed by atoms with Crippen LogP contribution in [0.15, 0.2) is 18.6 Å². The summed E-state index contributed by atoms with van der Waals surface area (Å²) in [6.45, 7) is 1.63. The Hall–Kier alpha value is -2.15. The minimum absolute atomic E-state index is 0.0386. The van der Waals surface area contributed by atoms with Gasteiger partial charge in [-0.05, 0) is 18.9 Å². The van der Waals surface area contributed by atoms with Gasteiger partial charge in [-0.15, -0.1) is 0 Å². The Morgan fingerprint density at radius 1 is 1.55 bits per heavy atom. The molecule has 1 saturated carbocycles. The molecule has 7 nitrogen and oxygen atoms in total. The van der Waals surface area contributed by atoms with Crippen molar-refractivity contribution in [3.05, 3.63) is 18.6 Å². The molecule has 1 aliphatic heterocycles. The van der Waals surface area contributed by atoms with Crippen molar-refractivity contribution in [1.82, 2.24) is 19.9 Å². The Morgan fingerprint density at radius 3 is 3.09 bits per heavy atom. The Labute approximate surface area is 128 Å². The van der Waals surface area contributed by atoms with Gasteiger partial charge >= 0.3 is 0 Å². The fourth-order valence-electron chi connectivity index (χ4n) is 3.74. The number of nitrogens with one attached hydrogen (secondary N) is 1. The fraction of sp³-hybridized carbons (Fsp3) is 0.533. The van der Waals surface area contributed by atoms with Crippen LogP contribution < -0.4 is 10.6 Å². The van der Waals surface area contributed by atoms with Gasteiger partial charge in [-0.3, -0.25) is 4.79 Å². The van der Waals surface area contributed by atoms with Gasteiger partial charge in [-0.2, -0.15) is 0 Å². The smallest absolute Gasteiger partial charge is 0.236 e. The zero-order valence-electron chi connectivity index (χ0n) is 12.6. The lowest BCUT2D eigenvalue weighted by Crippen LogP contribution is -2.41. The number of anilines is 1. The number of aromatic amines is 1. The minimum atomic E-state index is 0.0386. The van der Waals surface area contributed by atoms with E-state index in [-0.39, 0.29) is 23.9 Å². The average Bonchev–Trinajstić information content (AvgIpc) is 2.99. The van der Waals surface area contributed by atoms with Crippen molar-refractivity contribution in [2.24, 2.45) is 11.1 Å². The van der Waals surface area contributed by atoms with Crippen LogP contribution in [0.4, 0.5) is 5.82 Å². The second-order valence-electron chi connectivity index (χ2n) is 6.40. The Kier molecular flexibility index (Phi) is 2.87. The van der Waals surface area contributed by atoms with E-state index in [4.69, 9.17) is 5.73 Å². The molecule has 2 aliphatic rings. The molecule has 2 aromatic rings. The molecule has 3 heterocycles. The fourth-order valence-corrected chi connectivity index (χ4v) is 3.74. The number of nitrogens with zero attached hydrogens (tertiary/aromatic N) is 4. The van der Waals surface area contributed by atoms with Gasteiger partial charge in [0.25, 0.3) is 0 Å². The highest BCUT2D eigenvalue weighted by atomic mass is 16.2. The maximum atomic E-state index is 12.0. The van der Waals surface area contributed by atoms with Crippen LogP contribution in [0, 0.1) is 5.41 Å². The summed E-state index contributed by atoms with van der Waals surface area (Å²) in [4.78, 5) is 27.9. The van der Waals surface area contributed by atoms with Crippen LogP contribution in [0.5, 0.6) is 0 Å². The van der Waals surface area contributed by atoms with Crippen molar-refractivity contribution >= 4 is 22.8 Å². The normalized spacial score (nSPS) is 22.5. The first-order valence-corrected chi connectivity index (χ1v) is 7.63. The maximum absolute atomic E-state index is 12.0. The molecule has 1 aliphatic carbocycles. The number of carbonyl (C=O) groups is 1. The van der Waals surface area contributed by atoms with Crippen molar-refractivity contribution in [1.29, 1.82) is 0 Å². The van der Waals surface area contributed by atoms with Crippen molar-refractivity contribution in [3.8, 4) is 0 Å². The predicted molar refractivity (Wildman–Crippen MR) is 83.4 cm³/mol. The second kappa shape index (κ2) is 4.67. The summed E-state index contributed by atoms with van der Waals surface area (Å²) >= 11 is 0. The highest BCUT2D eigenvalue weighted by Crippen LogP contribution is 2.54. The monoisotopic (exact) mass is 300 g/mol. The van der Waals surface area contributed by atoms with Gasteiger partial charge in [0.2, 0.25) is 5.91 Å². The highest BCUT2D eigenvalue weighted by Gasteiger charge is 2.57. The molecule has 1 spiro atoms. The van der Waals surface area contributed by atoms with Crippen LogP contribution in [0.3, 0.4) is 0 Å². The maximum Gasteiger partial charge on any atom is 0.236 e. The Bertz CT molecular complexity index is 722. The molecule has 1 amide bonds. The first-order chi connectivity index (χ1) is 10.6. The van der Waals surface area contributed by atoms with E-state index in [0.717, 1.165) is 42.8 Å². The lowest BCUT2D eigenvalue weighted by molar-refractivity contribution is -0.128. The van der Waals surface area contributed by atoms with Crippen LogP contribution in [0.2, 0.25) is 0 Å². The van der Waals surface area contributed by atoms with Crippen LogP contribution in [-0.4, -0.2) is 58.5 Å². The summed E-state index contributed by atoms with van der Waals surface area (Å²) in [5.74, 6) is 0.959. The first kappa shape index (κ1) is 13.5. The van der Waals surface area contributed by atoms with E-state index in [2.05, 4.69) is 26.9 Å². The van der Waals surface area contributed by atoms with Gasteiger partial charge in [0.1, 0.15) is 17.8 Å². The standard InChI is InChI=1S/C15H20N6O/c1-20(14-10-2-5-17-13(10)18-9-19-14)11-7-21(12(22)6-16)8-15(11)3-4-15/h2,5,9,11H,3-4,6-8,16H2,1H3,(H,17,18,19)/t11-/m0/s1. The van der Waals surface area contributed by atoms with Crippen molar-refractivity contribution in [3.63, 3.8) is 0 Å². The third-order valence-corrected chi connectivity index (χ3v) is 5.16. The summed E-state index contributed by atoms with van der Waals surface area (Å²) in [6.07, 6.45) is 5.79. The molecule has 2 aromatic heterocycles. The third kappa shape index (κ3) is 1.89. The summed E-state index contributed by atoms with van der Waals surface area (Å²) in [7, 11) is 2.07. The molecule has 0 unspecified atom stereocenters. The molecule has 1 saturated heterocycles. The van der Waals surface area contributed by atoms with Crippen LogP contribution in [0.1, 0.15) is 12.8 Å². The van der Waals surface area contributed by atoms with Gasteiger partial charge in [0.05, 0.1) is 18.0 Å². The lowest BCUT2D eigenvalue weighted by Gasteiger charge is -2.30. The third-order valence-electron chi connectivity index (χ3n) is 5.16. The van der Waals surface area contributed by atoms with E-state index in [1.807, 2.05) is 17.2 Å². The van der Waals surface area contributed by atoms with E-state index < -0.39 is 0 Å². The van der Waals surface area contributed by atoms with Gasteiger partial charge < -0.3 is 20.5 Å². The van der Waals surface area contributed by atoms with E-state index in [0.29, 0.717) is 0 Å². The highest BCUT2D eigenvalue weighted by molar-refractivity contribution is 5.87. The molecule has 0 bridgehead atoms. The summed E-state index contributed by atoms with van der Waals surface area (Å²) in [5, 5.41) is 1.02. The predicted octanol–water partition coefficient (Wildman–Crippen LogP) is 0.344. The number of likely N-dealkylation sites (tertiary alicyclic amines) is 1. The zero-order valence-corrected chi connectivity index (χ0v) is 12.6. The van der Waals surface area contributed by atoms with Gasteiger partial charge in [-0.1, -0.05) is 0 Å². The van der Waals surface area contributed by atoms with Gasteiger partial charge in [-0.25, -0.2) is 9.97 Å². The van der Waals surface area contributed by atoms with Gasteiger partial charge in [0.15, 0.2) is 0 Å². The lowest BCUT2D eigenvalue weighted by atomic mass is 9.99. The van der Waals surface area contributed by atoms with Crippen molar-refractivity contribution in [2.45, 2.75) is 18.9 Å². The molecule has 2 fully saturated rings. The number of H-pyrrole nitrogens is 1. The summed E-state index contributed by atoms with van der Waals surface area (Å²) in [6, 6.07) is 2.29. The number of likely N-dealkylation sites (N-methyl/N-ethyl adjacent to an activating group) is 1. The van der Waals surface area contributed by atoms with E-state index in [9.17, 15) is 4.79 Å². The molecule has 1 atom stereocenters. The van der Waals surface area contributed by atoms with Crippen LogP contribution in [-0.2, 0) is 4.79 Å². The first-order valence-electron chi connectivity index (χ1n) is 7.63. The average molecular weight is 300 g/mol. The molecule has 0 aromatic carbocycles. The number of amides is 1. The number of fused-ring (bicyclic) bond motifs is 1. The molecular weight excluding hydrogens is 280 g/mol. The van der Waals surface area contributed by atoms with Gasteiger partial charge in [0, 0.05) is 31.7 Å². The number of rotatable bonds is 3.